The van der Waals surface area contributed by atoms with Gasteiger partial charge >= 0.3 is 5.97 Å². The highest BCUT2D eigenvalue weighted by Gasteiger charge is 1.98. The Kier molecular flexibility index (Phi) is 5.83. The molecule has 0 aromatic heterocycles. The first kappa shape index (κ1) is 8.82. The molecule has 3 heteroatoms. The Morgan fingerprint density at radius 3 is 2.78 bits per heavy atom. The summed E-state index contributed by atoms with van der Waals surface area (Å²) in [6.07, 6.45) is 0. The number of rotatable bonds is 4. The van der Waals surface area contributed by atoms with E-state index in [9.17, 15) is 4.79 Å². The summed E-state index contributed by atoms with van der Waals surface area (Å²) in [5.74, 6) is 2.17. The second-order valence-electron chi connectivity index (χ2n) is 1.33. The first-order valence-electron chi connectivity index (χ1n) is 2.92. The van der Waals surface area contributed by atoms with Gasteiger partial charge in [0.2, 0.25) is 0 Å². The standard InChI is InChI=1S/C6H11O2S/c1-3-8-6(7)5-9-4-2/h5H,3-4H2,1-2H3. The van der Waals surface area contributed by atoms with Gasteiger partial charge < -0.3 is 4.74 Å². The summed E-state index contributed by atoms with van der Waals surface area (Å²) in [5.41, 5.74) is 0. The van der Waals surface area contributed by atoms with Crippen LogP contribution in [0.1, 0.15) is 13.8 Å². The minimum Gasteiger partial charge on any atom is -0.465 e. The van der Waals surface area contributed by atoms with E-state index in [0.29, 0.717) is 6.61 Å². The molecule has 0 heterocycles. The molecular weight excluding hydrogens is 136 g/mol. The van der Waals surface area contributed by atoms with Crippen LogP contribution in [-0.2, 0) is 9.53 Å². The van der Waals surface area contributed by atoms with E-state index in [2.05, 4.69) is 4.74 Å². The predicted molar refractivity (Wildman–Crippen MR) is 39.1 cm³/mol. The van der Waals surface area contributed by atoms with Crippen LogP contribution in [0.2, 0.25) is 0 Å². The SMILES string of the molecule is CCOC(=O)[CH]SCC. The van der Waals surface area contributed by atoms with Crippen molar-refractivity contribution in [1.29, 1.82) is 0 Å². The van der Waals surface area contributed by atoms with Crippen molar-refractivity contribution in [3.63, 3.8) is 0 Å². The summed E-state index contributed by atoms with van der Waals surface area (Å²) >= 11 is 1.46. The molecule has 0 atom stereocenters. The summed E-state index contributed by atoms with van der Waals surface area (Å²) in [6.45, 7) is 4.24. The maximum absolute atomic E-state index is 10.5. The van der Waals surface area contributed by atoms with E-state index in [1.165, 1.54) is 17.5 Å². The Bertz CT molecular complexity index is 83.1. The molecule has 0 unspecified atom stereocenters. The van der Waals surface area contributed by atoms with Gasteiger partial charge in [0.1, 0.15) is 5.75 Å². The molecule has 0 fully saturated rings. The highest BCUT2D eigenvalue weighted by atomic mass is 32.2. The summed E-state index contributed by atoms with van der Waals surface area (Å²) < 4.78 is 4.63. The van der Waals surface area contributed by atoms with Crippen LogP contribution >= 0.6 is 11.8 Å². The van der Waals surface area contributed by atoms with Gasteiger partial charge in [0, 0.05) is 0 Å². The molecule has 0 saturated heterocycles. The molecular formula is C6H11O2S. The number of thioether (sulfide) groups is 1. The first-order valence-corrected chi connectivity index (χ1v) is 3.97. The second-order valence-corrected chi connectivity index (χ2v) is 2.47. The fourth-order valence-corrected chi connectivity index (χ4v) is 0.698. The normalized spacial score (nSPS) is 9.11. The average molecular weight is 147 g/mol. The third-order valence-corrected chi connectivity index (χ3v) is 1.33. The Balaban J connectivity index is 3.06. The summed E-state index contributed by atoms with van der Waals surface area (Å²) in [4.78, 5) is 10.5. The largest absolute Gasteiger partial charge is 0.465 e. The lowest BCUT2D eigenvalue weighted by Crippen LogP contribution is -2.01. The number of esters is 1. The highest BCUT2D eigenvalue weighted by molar-refractivity contribution is 8.01. The first-order chi connectivity index (χ1) is 4.31. The van der Waals surface area contributed by atoms with Crippen LogP contribution in [0.4, 0.5) is 0 Å². The molecule has 0 amide bonds. The van der Waals surface area contributed by atoms with Crippen LogP contribution in [0.15, 0.2) is 0 Å². The van der Waals surface area contributed by atoms with Crippen LogP contribution in [-0.4, -0.2) is 18.3 Å². The molecule has 9 heavy (non-hydrogen) atoms. The van der Waals surface area contributed by atoms with E-state index in [1.54, 1.807) is 6.92 Å². The van der Waals surface area contributed by atoms with Gasteiger partial charge in [-0.15, -0.1) is 11.8 Å². The van der Waals surface area contributed by atoms with Crippen LogP contribution in [0.25, 0.3) is 0 Å². The van der Waals surface area contributed by atoms with Crippen molar-refractivity contribution < 1.29 is 9.53 Å². The van der Waals surface area contributed by atoms with Crippen molar-refractivity contribution in [1.82, 2.24) is 0 Å². The van der Waals surface area contributed by atoms with Crippen molar-refractivity contribution in [3.8, 4) is 0 Å². The average Bonchev–Trinajstić information content (AvgIpc) is 1.85. The topological polar surface area (TPSA) is 26.3 Å². The van der Waals surface area contributed by atoms with Crippen LogP contribution in [0.3, 0.4) is 0 Å². The number of hydrogen-bond donors (Lipinski definition) is 0. The fourth-order valence-electron chi connectivity index (χ4n) is 0.328. The molecule has 53 valence electrons. The molecule has 0 rings (SSSR count). The maximum Gasteiger partial charge on any atom is 0.320 e. The van der Waals surface area contributed by atoms with Crippen LogP contribution in [0, 0.1) is 5.75 Å². The monoisotopic (exact) mass is 147 g/mol. The van der Waals surface area contributed by atoms with Crippen molar-refractivity contribution in [2.75, 3.05) is 12.4 Å². The van der Waals surface area contributed by atoms with Crippen molar-refractivity contribution in [3.05, 3.63) is 5.75 Å². The number of ether oxygens (including phenoxy) is 1. The van der Waals surface area contributed by atoms with Crippen molar-refractivity contribution in [2.45, 2.75) is 13.8 Å². The van der Waals surface area contributed by atoms with Gasteiger partial charge in [-0.1, -0.05) is 6.92 Å². The van der Waals surface area contributed by atoms with Crippen LogP contribution in [0.5, 0.6) is 0 Å². The Morgan fingerprint density at radius 2 is 2.33 bits per heavy atom. The molecule has 0 aromatic rings. The minimum absolute atomic E-state index is 0.232. The van der Waals surface area contributed by atoms with E-state index in [1.807, 2.05) is 6.92 Å². The summed E-state index contributed by atoms with van der Waals surface area (Å²) in [7, 11) is 0. The Hall–Kier alpha value is -0.180. The van der Waals surface area contributed by atoms with E-state index in [4.69, 9.17) is 0 Å². The van der Waals surface area contributed by atoms with E-state index in [0.717, 1.165) is 5.75 Å². The van der Waals surface area contributed by atoms with Crippen LogP contribution < -0.4 is 0 Å². The van der Waals surface area contributed by atoms with Gasteiger partial charge in [-0.2, -0.15) is 0 Å². The maximum atomic E-state index is 10.5. The lowest BCUT2D eigenvalue weighted by molar-refractivity contribution is -0.137. The molecule has 0 spiro atoms. The lowest BCUT2D eigenvalue weighted by atomic mass is 10.8. The smallest absolute Gasteiger partial charge is 0.320 e. The van der Waals surface area contributed by atoms with Crippen molar-refractivity contribution in [2.24, 2.45) is 0 Å². The molecule has 0 aliphatic carbocycles. The lowest BCUT2D eigenvalue weighted by Gasteiger charge is -1.97. The number of carbonyl (C=O) groups excluding carboxylic acids is 1. The zero-order valence-corrected chi connectivity index (χ0v) is 6.53. The molecule has 0 N–H and O–H groups in total. The fraction of sp³-hybridized carbons (Fsp3) is 0.667. The number of hydrogen-bond acceptors (Lipinski definition) is 3. The molecule has 0 aromatic carbocycles. The Labute approximate surface area is 60.0 Å². The van der Waals surface area contributed by atoms with Gasteiger partial charge in [-0.05, 0) is 12.7 Å². The molecule has 1 radical (unpaired) electrons. The van der Waals surface area contributed by atoms with Gasteiger partial charge in [0.15, 0.2) is 0 Å². The van der Waals surface area contributed by atoms with E-state index >= 15 is 0 Å². The zero-order chi connectivity index (χ0) is 7.11. The van der Waals surface area contributed by atoms with Gasteiger partial charge in [-0.25, -0.2) is 0 Å². The second kappa shape index (κ2) is 5.95. The summed E-state index contributed by atoms with van der Waals surface area (Å²) in [6, 6.07) is 0. The summed E-state index contributed by atoms with van der Waals surface area (Å²) in [5, 5.41) is 0. The van der Waals surface area contributed by atoms with Gasteiger partial charge in [0.25, 0.3) is 0 Å². The third-order valence-electron chi connectivity index (χ3n) is 0.633. The number of carbonyl (C=O) groups is 1. The molecule has 0 aliphatic heterocycles. The molecule has 0 bridgehead atoms. The van der Waals surface area contributed by atoms with E-state index in [-0.39, 0.29) is 5.97 Å². The van der Waals surface area contributed by atoms with Gasteiger partial charge in [0.05, 0.1) is 6.61 Å². The van der Waals surface area contributed by atoms with Gasteiger partial charge in [-0.3, -0.25) is 4.79 Å². The predicted octanol–water partition coefficient (Wildman–Crippen LogP) is 1.46. The Morgan fingerprint density at radius 1 is 1.67 bits per heavy atom. The van der Waals surface area contributed by atoms with Crippen molar-refractivity contribution >= 4 is 17.7 Å². The zero-order valence-electron chi connectivity index (χ0n) is 5.72. The molecule has 0 aliphatic rings. The molecule has 0 saturated carbocycles. The quantitative estimate of drug-likeness (QED) is 0.563. The minimum atomic E-state index is -0.232. The highest BCUT2D eigenvalue weighted by Crippen LogP contribution is 2.04. The molecule has 2 nitrogen and oxygen atoms in total. The van der Waals surface area contributed by atoms with E-state index < -0.39 is 0 Å². The third kappa shape index (κ3) is 5.69.